The van der Waals surface area contributed by atoms with Gasteiger partial charge in [-0.05, 0) is 31.1 Å². The molecule has 5 nitrogen and oxygen atoms in total. The molecule has 0 atom stereocenters. The summed E-state index contributed by atoms with van der Waals surface area (Å²) < 4.78 is 1.79. The zero-order valence-corrected chi connectivity index (χ0v) is 11.2. The van der Waals surface area contributed by atoms with Gasteiger partial charge in [0.15, 0.2) is 0 Å². The van der Waals surface area contributed by atoms with E-state index in [1.165, 1.54) is 12.8 Å². The van der Waals surface area contributed by atoms with Crippen LogP contribution in [0.25, 0.3) is 11.2 Å². The molecular formula is C15H17N5. The summed E-state index contributed by atoms with van der Waals surface area (Å²) in [6, 6.07) is 6.43. The lowest BCUT2D eigenvalue weighted by molar-refractivity contribution is 0.799. The van der Waals surface area contributed by atoms with Gasteiger partial charge < -0.3 is 11.1 Å². The van der Waals surface area contributed by atoms with Gasteiger partial charge in [0.2, 0.25) is 0 Å². The zero-order valence-electron chi connectivity index (χ0n) is 11.2. The first-order valence-electron chi connectivity index (χ1n) is 6.62. The number of nitrogens with two attached hydrogens (primary N) is 1. The summed E-state index contributed by atoms with van der Waals surface area (Å²) in [5, 5.41) is 7.47. The van der Waals surface area contributed by atoms with Gasteiger partial charge in [-0.25, -0.2) is 9.51 Å². The molecule has 2 aromatic heterocycles. The predicted molar refractivity (Wildman–Crippen MR) is 81.1 cm³/mol. The van der Waals surface area contributed by atoms with Crippen LogP contribution >= 0.6 is 0 Å². The van der Waals surface area contributed by atoms with E-state index in [9.17, 15) is 0 Å². The number of nitrogens with one attached hydrogen (secondary N) is 1. The van der Waals surface area contributed by atoms with Crippen LogP contribution in [0, 0.1) is 0 Å². The lowest BCUT2D eigenvalue weighted by atomic mass is 10.2. The van der Waals surface area contributed by atoms with Gasteiger partial charge in [0, 0.05) is 29.7 Å². The molecule has 2 heterocycles. The fraction of sp³-hybridized carbons (Fsp3) is 0.200. The number of aromatic nitrogens is 2. The van der Waals surface area contributed by atoms with Crippen molar-refractivity contribution in [2.75, 3.05) is 0 Å². The molecule has 1 aliphatic rings. The molecule has 20 heavy (non-hydrogen) atoms. The molecule has 0 radical (unpaired) electrons. The Kier molecular flexibility index (Phi) is 3.25. The van der Waals surface area contributed by atoms with Crippen LogP contribution in [0.4, 0.5) is 0 Å². The molecule has 3 rings (SSSR count). The summed E-state index contributed by atoms with van der Waals surface area (Å²) in [5.41, 5.74) is 8.58. The van der Waals surface area contributed by atoms with E-state index < -0.39 is 0 Å². The topological polar surface area (TPSA) is 67.7 Å². The Hall–Kier alpha value is -2.56. The predicted octanol–water partition coefficient (Wildman–Crippen LogP) is 1.93. The molecule has 1 aliphatic carbocycles. The molecule has 0 aromatic carbocycles. The Balaban J connectivity index is 1.74. The molecular weight excluding hydrogens is 250 g/mol. The van der Waals surface area contributed by atoms with Crippen LogP contribution in [-0.4, -0.2) is 21.9 Å². The molecule has 0 bridgehead atoms. The maximum Gasteiger partial charge on any atom is 0.118 e. The second-order valence-electron chi connectivity index (χ2n) is 4.85. The number of fused-ring (bicyclic) bond motifs is 1. The molecule has 0 aliphatic heterocycles. The monoisotopic (exact) mass is 267 g/mol. The van der Waals surface area contributed by atoms with Gasteiger partial charge in [0.25, 0.3) is 0 Å². The maximum absolute atomic E-state index is 6.07. The van der Waals surface area contributed by atoms with Crippen molar-refractivity contribution in [2.24, 2.45) is 10.7 Å². The summed E-state index contributed by atoms with van der Waals surface area (Å²) >= 11 is 0. The average Bonchev–Trinajstić information content (AvgIpc) is 3.15. The summed E-state index contributed by atoms with van der Waals surface area (Å²) in [6.45, 7) is 3.85. The Morgan fingerprint density at radius 1 is 1.50 bits per heavy atom. The van der Waals surface area contributed by atoms with E-state index in [1.807, 2.05) is 24.4 Å². The van der Waals surface area contributed by atoms with Crippen molar-refractivity contribution >= 4 is 17.4 Å². The lowest BCUT2D eigenvalue weighted by Gasteiger charge is -2.01. The van der Waals surface area contributed by atoms with Crippen molar-refractivity contribution in [3.8, 4) is 0 Å². The quantitative estimate of drug-likeness (QED) is 0.813. The van der Waals surface area contributed by atoms with Gasteiger partial charge in [0.05, 0.1) is 11.7 Å². The average molecular weight is 267 g/mol. The highest BCUT2D eigenvalue weighted by molar-refractivity contribution is 5.87. The highest BCUT2D eigenvalue weighted by atomic mass is 15.2. The fourth-order valence-corrected chi connectivity index (χ4v) is 1.95. The Labute approximate surface area is 117 Å². The Bertz CT molecular complexity index is 691. The van der Waals surface area contributed by atoms with Crippen molar-refractivity contribution in [3.63, 3.8) is 0 Å². The molecule has 2 aromatic rings. The summed E-state index contributed by atoms with van der Waals surface area (Å²) in [5.74, 6) is 0.677. The minimum atomic E-state index is 0.556. The van der Waals surface area contributed by atoms with Crippen LogP contribution in [0.3, 0.4) is 0 Å². The first-order valence-corrected chi connectivity index (χ1v) is 6.62. The van der Waals surface area contributed by atoms with Crippen molar-refractivity contribution in [2.45, 2.75) is 18.9 Å². The minimum Gasteiger partial charge on any atom is -0.398 e. The van der Waals surface area contributed by atoms with Crippen LogP contribution in [0.5, 0.6) is 0 Å². The van der Waals surface area contributed by atoms with E-state index in [0.29, 0.717) is 17.6 Å². The zero-order chi connectivity index (χ0) is 13.9. The maximum atomic E-state index is 6.07. The van der Waals surface area contributed by atoms with Crippen LogP contribution < -0.4 is 11.1 Å². The summed E-state index contributed by atoms with van der Waals surface area (Å²) in [7, 11) is 0. The van der Waals surface area contributed by atoms with E-state index >= 15 is 0 Å². The molecule has 102 valence electrons. The molecule has 0 saturated heterocycles. The van der Waals surface area contributed by atoms with Gasteiger partial charge in [-0.1, -0.05) is 12.6 Å². The number of rotatable bonds is 5. The molecule has 5 heteroatoms. The third-order valence-electron chi connectivity index (χ3n) is 3.17. The van der Waals surface area contributed by atoms with E-state index in [1.54, 1.807) is 23.0 Å². The number of allylic oxidation sites excluding steroid dienone is 1. The summed E-state index contributed by atoms with van der Waals surface area (Å²) in [6.07, 6.45) is 9.49. The second-order valence-corrected chi connectivity index (χ2v) is 4.85. The second kappa shape index (κ2) is 5.21. The van der Waals surface area contributed by atoms with Crippen molar-refractivity contribution in [3.05, 3.63) is 54.6 Å². The number of pyridine rings is 1. The smallest absolute Gasteiger partial charge is 0.118 e. The summed E-state index contributed by atoms with van der Waals surface area (Å²) in [4.78, 5) is 4.22. The standard InChI is InChI=1S/C15H17N5/c1-11(19-12-5-6-12)17-8-7-14(16)13-10-18-20-9-3-2-4-15(13)20/h2-4,7-10,12,19H,1,5-6,16H2/b14-7-,17-8?. The lowest BCUT2D eigenvalue weighted by Crippen LogP contribution is -2.12. The Morgan fingerprint density at radius 2 is 2.35 bits per heavy atom. The van der Waals surface area contributed by atoms with E-state index in [4.69, 9.17) is 5.73 Å². The third kappa shape index (κ3) is 2.71. The van der Waals surface area contributed by atoms with Crippen LogP contribution in [-0.2, 0) is 0 Å². The number of aliphatic imine (C=N–C) groups is 1. The first kappa shape index (κ1) is 12.5. The molecule has 1 saturated carbocycles. The molecule has 1 fully saturated rings. The molecule has 3 N–H and O–H groups in total. The molecule has 0 unspecified atom stereocenters. The number of hydrogen-bond acceptors (Lipinski definition) is 4. The van der Waals surface area contributed by atoms with Crippen LogP contribution in [0.1, 0.15) is 18.4 Å². The van der Waals surface area contributed by atoms with Gasteiger partial charge in [-0.15, -0.1) is 0 Å². The fourth-order valence-electron chi connectivity index (χ4n) is 1.95. The van der Waals surface area contributed by atoms with Crippen LogP contribution in [0.2, 0.25) is 0 Å². The van der Waals surface area contributed by atoms with E-state index in [2.05, 4.69) is 22.0 Å². The largest absolute Gasteiger partial charge is 0.398 e. The highest BCUT2D eigenvalue weighted by Gasteiger charge is 2.20. The number of hydrogen-bond donors (Lipinski definition) is 2. The normalized spacial score (nSPS) is 15.9. The van der Waals surface area contributed by atoms with Crippen molar-refractivity contribution in [1.82, 2.24) is 14.9 Å². The van der Waals surface area contributed by atoms with Gasteiger partial charge in [-0.3, -0.25) is 0 Å². The SMILES string of the molecule is C=C(N=C/C=C(\N)c1cnn2ccccc12)NC1CC1. The first-order chi connectivity index (χ1) is 9.74. The van der Waals surface area contributed by atoms with E-state index in [-0.39, 0.29) is 0 Å². The minimum absolute atomic E-state index is 0.556. The third-order valence-corrected chi connectivity index (χ3v) is 3.17. The van der Waals surface area contributed by atoms with Gasteiger partial charge in [0.1, 0.15) is 5.82 Å². The van der Waals surface area contributed by atoms with Gasteiger partial charge in [-0.2, -0.15) is 5.10 Å². The van der Waals surface area contributed by atoms with Crippen LogP contribution in [0.15, 0.2) is 54.1 Å². The van der Waals surface area contributed by atoms with Crippen molar-refractivity contribution < 1.29 is 0 Å². The Morgan fingerprint density at radius 3 is 3.15 bits per heavy atom. The van der Waals surface area contributed by atoms with Gasteiger partial charge >= 0.3 is 0 Å². The highest BCUT2D eigenvalue weighted by Crippen LogP contribution is 2.20. The molecule has 0 amide bonds. The molecule has 0 spiro atoms. The number of nitrogens with zero attached hydrogens (tertiary/aromatic N) is 3. The van der Waals surface area contributed by atoms with Crippen molar-refractivity contribution in [1.29, 1.82) is 0 Å². The van der Waals surface area contributed by atoms with E-state index in [0.717, 1.165) is 11.1 Å².